The van der Waals surface area contributed by atoms with Gasteiger partial charge in [0, 0.05) is 29.4 Å². The van der Waals surface area contributed by atoms with Gasteiger partial charge in [-0.05, 0) is 43.4 Å². The summed E-state index contributed by atoms with van der Waals surface area (Å²) < 4.78 is 0. The Kier molecular flexibility index (Phi) is 5.26. The number of rotatable bonds is 4. The number of aliphatic hydroxyl groups excluding tert-OH is 1. The van der Waals surface area contributed by atoms with Crippen LogP contribution in [0.2, 0.25) is 0 Å². The van der Waals surface area contributed by atoms with E-state index in [0.717, 1.165) is 11.6 Å². The summed E-state index contributed by atoms with van der Waals surface area (Å²) in [5, 5.41) is 12.4. The zero-order valence-electron chi connectivity index (χ0n) is 12.8. The number of carbonyl (C=O) groups is 1. The Bertz CT molecular complexity index is 517. The topological polar surface area (TPSA) is 52.6 Å². The van der Waals surface area contributed by atoms with Crippen LogP contribution in [0.1, 0.15) is 32.1 Å². The third-order valence-electron chi connectivity index (χ3n) is 4.50. The van der Waals surface area contributed by atoms with E-state index in [4.69, 9.17) is 0 Å². The standard InChI is InChI=1S/C17H24N2O2S/c20-15-8-9-19(11-15)17(21)18-14-6-3-7-16(10-14)22-12-13-4-1-2-5-13/h3,6-7,10,13,15,20H,1-2,4-5,8-9,11-12H2,(H,18,21)/t15-/m1/s1. The van der Waals surface area contributed by atoms with Gasteiger partial charge in [-0.1, -0.05) is 18.9 Å². The molecule has 0 unspecified atom stereocenters. The van der Waals surface area contributed by atoms with Gasteiger partial charge in [-0.3, -0.25) is 0 Å². The van der Waals surface area contributed by atoms with Crippen LogP contribution in [-0.2, 0) is 0 Å². The van der Waals surface area contributed by atoms with E-state index < -0.39 is 0 Å². The van der Waals surface area contributed by atoms with Crippen molar-refractivity contribution in [1.29, 1.82) is 0 Å². The van der Waals surface area contributed by atoms with Crippen LogP contribution < -0.4 is 5.32 Å². The number of anilines is 1. The molecule has 1 saturated heterocycles. The Labute approximate surface area is 136 Å². The van der Waals surface area contributed by atoms with Gasteiger partial charge in [-0.25, -0.2) is 4.79 Å². The summed E-state index contributed by atoms with van der Waals surface area (Å²) in [4.78, 5) is 15.0. The quantitative estimate of drug-likeness (QED) is 0.834. The van der Waals surface area contributed by atoms with E-state index in [9.17, 15) is 9.90 Å². The maximum Gasteiger partial charge on any atom is 0.321 e. The first kappa shape index (κ1) is 15.7. The van der Waals surface area contributed by atoms with Gasteiger partial charge in [-0.15, -0.1) is 11.8 Å². The van der Waals surface area contributed by atoms with Crippen molar-refractivity contribution >= 4 is 23.5 Å². The van der Waals surface area contributed by atoms with Crippen LogP contribution in [0.5, 0.6) is 0 Å². The van der Waals surface area contributed by atoms with E-state index in [1.165, 1.54) is 36.3 Å². The monoisotopic (exact) mass is 320 g/mol. The summed E-state index contributed by atoms with van der Waals surface area (Å²) in [6.07, 6.45) is 5.78. The second-order valence-corrected chi connectivity index (χ2v) is 7.40. The molecule has 1 saturated carbocycles. The number of thioether (sulfide) groups is 1. The van der Waals surface area contributed by atoms with E-state index in [-0.39, 0.29) is 12.1 Å². The van der Waals surface area contributed by atoms with E-state index in [1.54, 1.807) is 4.90 Å². The Morgan fingerprint density at radius 2 is 2.14 bits per heavy atom. The summed E-state index contributed by atoms with van der Waals surface area (Å²) >= 11 is 1.89. The zero-order chi connectivity index (χ0) is 15.4. The van der Waals surface area contributed by atoms with Crippen LogP contribution in [0.4, 0.5) is 10.5 Å². The van der Waals surface area contributed by atoms with Gasteiger partial charge >= 0.3 is 6.03 Å². The molecule has 1 heterocycles. The van der Waals surface area contributed by atoms with Crippen LogP contribution in [-0.4, -0.2) is 41.0 Å². The molecule has 0 radical (unpaired) electrons. The molecule has 5 heteroatoms. The average Bonchev–Trinajstić information content (AvgIpc) is 3.17. The lowest BCUT2D eigenvalue weighted by molar-refractivity contribution is 0.176. The highest BCUT2D eigenvalue weighted by atomic mass is 32.2. The summed E-state index contributed by atoms with van der Waals surface area (Å²) in [6.45, 7) is 1.06. The van der Waals surface area contributed by atoms with Gasteiger partial charge in [0.05, 0.1) is 6.10 Å². The summed E-state index contributed by atoms with van der Waals surface area (Å²) in [5.74, 6) is 2.03. The Balaban J connectivity index is 1.53. The number of benzene rings is 1. The van der Waals surface area contributed by atoms with E-state index in [0.29, 0.717) is 19.5 Å². The van der Waals surface area contributed by atoms with Crippen LogP contribution in [0, 0.1) is 5.92 Å². The molecule has 120 valence electrons. The molecule has 1 atom stereocenters. The molecule has 4 nitrogen and oxygen atoms in total. The zero-order valence-corrected chi connectivity index (χ0v) is 13.6. The highest BCUT2D eigenvalue weighted by molar-refractivity contribution is 7.99. The second-order valence-electron chi connectivity index (χ2n) is 6.31. The minimum Gasteiger partial charge on any atom is -0.391 e. The lowest BCUT2D eigenvalue weighted by atomic mass is 10.1. The predicted molar refractivity (Wildman–Crippen MR) is 90.3 cm³/mol. The highest BCUT2D eigenvalue weighted by Gasteiger charge is 2.24. The summed E-state index contributed by atoms with van der Waals surface area (Å²) in [6, 6.07) is 7.95. The molecule has 22 heavy (non-hydrogen) atoms. The molecule has 0 aromatic heterocycles. The molecule has 1 aliphatic carbocycles. The van der Waals surface area contributed by atoms with Gasteiger partial charge in [0.25, 0.3) is 0 Å². The minimum absolute atomic E-state index is 0.116. The third-order valence-corrected chi connectivity index (χ3v) is 5.72. The number of nitrogens with one attached hydrogen (secondary N) is 1. The fraction of sp³-hybridized carbons (Fsp3) is 0.588. The van der Waals surface area contributed by atoms with Gasteiger partial charge in [0.15, 0.2) is 0 Å². The SMILES string of the molecule is O=C(Nc1cccc(SCC2CCCC2)c1)N1CC[C@@H](O)C1. The number of nitrogens with zero attached hydrogens (tertiary/aromatic N) is 1. The van der Waals surface area contributed by atoms with Crippen molar-refractivity contribution < 1.29 is 9.90 Å². The molecule has 1 aromatic carbocycles. The maximum atomic E-state index is 12.1. The van der Waals surface area contributed by atoms with Crippen molar-refractivity contribution in [3.8, 4) is 0 Å². The molecule has 0 spiro atoms. The lowest BCUT2D eigenvalue weighted by Gasteiger charge is -2.17. The molecular weight excluding hydrogens is 296 g/mol. The van der Waals surface area contributed by atoms with Crippen LogP contribution in [0.3, 0.4) is 0 Å². The minimum atomic E-state index is -0.376. The Morgan fingerprint density at radius 1 is 1.32 bits per heavy atom. The molecule has 2 aliphatic rings. The number of urea groups is 1. The third kappa shape index (κ3) is 4.17. The molecular formula is C17H24N2O2S. The number of β-amino-alcohol motifs (C(OH)–C–C–N with tert-alkyl or cyclic N) is 1. The summed E-state index contributed by atoms with van der Waals surface area (Å²) in [5.41, 5.74) is 0.836. The fourth-order valence-corrected chi connectivity index (χ4v) is 4.33. The number of hydrogen-bond donors (Lipinski definition) is 2. The number of hydrogen-bond acceptors (Lipinski definition) is 3. The van der Waals surface area contributed by atoms with Crippen LogP contribution in [0.15, 0.2) is 29.2 Å². The van der Waals surface area contributed by atoms with Crippen molar-refractivity contribution in [3.63, 3.8) is 0 Å². The van der Waals surface area contributed by atoms with E-state index in [1.807, 2.05) is 30.0 Å². The number of aliphatic hydroxyl groups is 1. The second kappa shape index (κ2) is 7.38. The van der Waals surface area contributed by atoms with Gasteiger partial charge in [0.1, 0.15) is 0 Å². The first-order chi connectivity index (χ1) is 10.7. The molecule has 0 bridgehead atoms. The molecule has 2 amide bonds. The van der Waals surface area contributed by atoms with Gasteiger partial charge in [0.2, 0.25) is 0 Å². The maximum absolute atomic E-state index is 12.1. The van der Waals surface area contributed by atoms with Crippen molar-refractivity contribution in [2.75, 3.05) is 24.2 Å². The normalized spacial score (nSPS) is 22.2. The van der Waals surface area contributed by atoms with Crippen molar-refractivity contribution in [2.45, 2.75) is 43.1 Å². The molecule has 2 fully saturated rings. The van der Waals surface area contributed by atoms with E-state index in [2.05, 4.69) is 11.4 Å². The largest absolute Gasteiger partial charge is 0.391 e. The molecule has 2 N–H and O–H groups in total. The van der Waals surface area contributed by atoms with Crippen LogP contribution in [0.25, 0.3) is 0 Å². The molecule has 1 aliphatic heterocycles. The van der Waals surface area contributed by atoms with Crippen LogP contribution >= 0.6 is 11.8 Å². The lowest BCUT2D eigenvalue weighted by Crippen LogP contribution is -2.33. The number of carbonyl (C=O) groups excluding carboxylic acids is 1. The van der Waals surface area contributed by atoms with Crippen molar-refractivity contribution in [1.82, 2.24) is 4.90 Å². The van der Waals surface area contributed by atoms with Crippen molar-refractivity contribution in [3.05, 3.63) is 24.3 Å². The number of amides is 2. The highest BCUT2D eigenvalue weighted by Crippen LogP contribution is 2.31. The Morgan fingerprint density at radius 3 is 2.86 bits per heavy atom. The first-order valence-electron chi connectivity index (χ1n) is 8.17. The first-order valence-corrected chi connectivity index (χ1v) is 9.16. The number of likely N-dealkylation sites (tertiary alicyclic amines) is 1. The fourth-order valence-electron chi connectivity index (χ4n) is 3.18. The van der Waals surface area contributed by atoms with Crippen molar-refractivity contribution in [2.24, 2.45) is 5.92 Å². The summed E-state index contributed by atoms with van der Waals surface area (Å²) in [7, 11) is 0. The molecule has 1 aromatic rings. The smallest absolute Gasteiger partial charge is 0.321 e. The molecule has 3 rings (SSSR count). The van der Waals surface area contributed by atoms with E-state index >= 15 is 0 Å². The Hall–Kier alpha value is -1.20. The van der Waals surface area contributed by atoms with Gasteiger partial charge < -0.3 is 15.3 Å². The predicted octanol–water partition coefficient (Wildman–Crippen LogP) is 3.57. The van der Waals surface area contributed by atoms with Gasteiger partial charge in [-0.2, -0.15) is 0 Å². The average molecular weight is 320 g/mol.